The molecule has 1 atom stereocenters. The topological polar surface area (TPSA) is 44.8 Å². The van der Waals surface area contributed by atoms with Crippen LogP contribution in [0.2, 0.25) is 0 Å². The molecule has 0 N–H and O–H groups in total. The van der Waals surface area contributed by atoms with E-state index in [4.69, 9.17) is 12.5 Å². The van der Waals surface area contributed by atoms with Gasteiger partial charge in [-0.05, 0) is 11.6 Å². The predicted octanol–water partition coefficient (Wildman–Crippen LogP) is 2.54. The zero-order valence-corrected chi connectivity index (χ0v) is 10.8. The molecule has 0 aliphatic carbocycles. The smallest absolute Gasteiger partial charge is 0.334 e. The van der Waals surface area contributed by atoms with Gasteiger partial charge in [-0.1, -0.05) is 30.3 Å². The van der Waals surface area contributed by atoms with Gasteiger partial charge in [-0.15, -0.1) is 0 Å². The first-order valence-corrected chi connectivity index (χ1v) is 5.38. The maximum Gasteiger partial charge on any atom is 0.334 e. The van der Waals surface area contributed by atoms with Crippen LogP contribution in [0, 0.1) is 0 Å². The third kappa shape index (κ3) is 4.73. The Morgan fingerprint density at radius 1 is 1.38 bits per heavy atom. The summed E-state index contributed by atoms with van der Waals surface area (Å²) in [5, 5.41) is 0. The molecule has 0 saturated carbocycles. The molecule has 16 heavy (non-hydrogen) atoms. The summed E-state index contributed by atoms with van der Waals surface area (Å²) in [4.78, 5) is 11.3. The van der Waals surface area contributed by atoms with Gasteiger partial charge in [0.2, 0.25) is 0 Å². The van der Waals surface area contributed by atoms with Gasteiger partial charge in [-0.3, -0.25) is 0 Å². The molecule has 0 amide bonds. The Balaban J connectivity index is 2.48. The standard InChI is InChI=1S/C11H11IO4/c1-14-11(16-12)15-10(13)8-7-9-5-3-2-4-6-9/h2-8,11H,1H3/b8-7+. The molecular formula is C11H11IO4. The van der Waals surface area contributed by atoms with Crippen molar-refractivity contribution in [1.29, 1.82) is 0 Å². The number of rotatable bonds is 5. The minimum absolute atomic E-state index is 0.521. The number of benzene rings is 1. The van der Waals surface area contributed by atoms with Crippen LogP contribution in [0.25, 0.3) is 6.08 Å². The molecule has 0 aliphatic heterocycles. The van der Waals surface area contributed by atoms with Crippen molar-refractivity contribution in [1.82, 2.24) is 0 Å². The molecular weight excluding hydrogens is 323 g/mol. The lowest BCUT2D eigenvalue weighted by molar-refractivity contribution is -0.213. The van der Waals surface area contributed by atoms with Crippen LogP contribution >= 0.6 is 23.0 Å². The molecule has 0 aliphatic rings. The lowest BCUT2D eigenvalue weighted by Crippen LogP contribution is -2.18. The fourth-order valence-corrected chi connectivity index (χ4v) is 1.28. The highest BCUT2D eigenvalue weighted by molar-refractivity contribution is 14.1. The zero-order chi connectivity index (χ0) is 11.8. The van der Waals surface area contributed by atoms with Gasteiger partial charge in [0.05, 0.1) is 0 Å². The second-order valence-corrected chi connectivity index (χ2v) is 3.30. The number of hydrogen-bond donors (Lipinski definition) is 0. The van der Waals surface area contributed by atoms with E-state index in [1.165, 1.54) is 13.2 Å². The molecule has 0 spiro atoms. The van der Waals surface area contributed by atoms with Crippen LogP contribution in [-0.2, 0) is 17.3 Å². The first kappa shape index (κ1) is 13.1. The lowest BCUT2D eigenvalue weighted by atomic mass is 10.2. The lowest BCUT2D eigenvalue weighted by Gasteiger charge is -2.10. The minimum atomic E-state index is -0.978. The molecule has 1 rings (SSSR count). The van der Waals surface area contributed by atoms with Crippen LogP contribution in [-0.4, -0.2) is 19.6 Å². The maximum atomic E-state index is 11.3. The van der Waals surface area contributed by atoms with Crippen molar-refractivity contribution in [3.8, 4) is 0 Å². The summed E-state index contributed by atoms with van der Waals surface area (Å²) in [7, 11) is 1.39. The number of esters is 1. The van der Waals surface area contributed by atoms with E-state index in [2.05, 4.69) is 0 Å². The Morgan fingerprint density at radius 3 is 2.62 bits per heavy atom. The van der Waals surface area contributed by atoms with E-state index in [1.54, 1.807) is 29.1 Å². The van der Waals surface area contributed by atoms with E-state index < -0.39 is 12.4 Å². The fraction of sp³-hybridized carbons (Fsp3) is 0.182. The molecule has 1 aromatic rings. The van der Waals surface area contributed by atoms with E-state index in [1.807, 2.05) is 30.3 Å². The molecule has 0 heterocycles. The fourth-order valence-electron chi connectivity index (χ4n) is 0.965. The van der Waals surface area contributed by atoms with Crippen LogP contribution in [0.1, 0.15) is 5.56 Å². The second kappa shape index (κ2) is 7.37. The van der Waals surface area contributed by atoms with E-state index >= 15 is 0 Å². The monoisotopic (exact) mass is 334 g/mol. The van der Waals surface area contributed by atoms with E-state index in [-0.39, 0.29) is 0 Å². The van der Waals surface area contributed by atoms with E-state index in [9.17, 15) is 4.79 Å². The maximum absolute atomic E-state index is 11.3. The minimum Gasteiger partial charge on any atom is -0.406 e. The van der Waals surface area contributed by atoms with Crippen molar-refractivity contribution in [2.75, 3.05) is 7.11 Å². The molecule has 0 bridgehead atoms. The van der Waals surface area contributed by atoms with Crippen LogP contribution in [0.15, 0.2) is 36.4 Å². The van der Waals surface area contributed by atoms with Gasteiger partial charge in [0.1, 0.15) is 23.0 Å². The number of carbonyl (C=O) groups is 1. The molecule has 0 fully saturated rings. The van der Waals surface area contributed by atoms with Crippen molar-refractivity contribution in [3.63, 3.8) is 0 Å². The van der Waals surface area contributed by atoms with Crippen LogP contribution in [0.5, 0.6) is 0 Å². The summed E-state index contributed by atoms with van der Waals surface area (Å²) in [6.07, 6.45) is 2.97. The highest BCUT2D eigenvalue weighted by atomic mass is 127. The highest BCUT2D eigenvalue weighted by Crippen LogP contribution is 2.04. The van der Waals surface area contributed by atoms with Crippen molar-refractivity contribution >= 4 is 35.1 Å². The number of ether oxygens (including phenoxy) is 2. The van der Waals surface area contributed by atoms with Crippen molar-refractivity contribution in [2.45, 2.75) is 6.48 Å². The third-order valence-electron chi connectivity index (χ3n) is 1.69. The Morgan fingerprint density at radius 2 is 2.06 bits per heavy atom. The molecule has 0 radical (unpaired) electrons. The number of methoxy groups -OCH3 is 1. The Labute approximate surface area is 108 Å². The Kier molecular flexibility index (Phi) is 6.05. The van der Waals surface area contributed by atoms with Gasteiger partial charge >= 0.3 is 12.4 Å². The average Bonchev–Trinajstić information content (AvgIpc) is 2.34. The Bertz CT molecular complexity index is 346. The van der Waals surface area contributed by atoms with Gasteiger partial charge in [0, 0.05) is 13.2 Å². The highest BCUT2D eigenvalue weighted by Gasteiger charge is 2.09. The zero-order valence-electron chi connectivity index (χ0n) is 8.63. The summed E-state index contributed by atoms with van der Waals surface area (Å²) in [5.74, 6) is -0.521. The van der Waals surface area contributed by atoms with Gasteiger partial charge in [0.25, 0.3) is 0 Å². The first-order valence-electron chi connectivity index (χ1n) is 4.50. The van der Waals surface area contributed by atoms with Gasteiger partial charge in [0.15, 0.2) is 0 Å². The van der Waals surface area contributed by atoms with Crippen molar-refractivity contribution in [3.05, 3.63) is 42.0 Å². The molecule has 0 aromatic heterocycles. The third-order valence-corrected chi connectivity index (χ3v) is 2.10. The van der Waals surface area contributed by atoms with Crippen molar-refractivity contribution in [2.24, 2.45) is 0 Å². The summed E-state index contributed by atoms with van der Waals surface area (Å²) in [5.41, 5.74) is 0.920. The summed E-state index contributed by atoms with van der Waals surface area (Å²) in [6, 6.07) is 9.44. The van der Waals surface area contributed by atoms with E-state index in [0.29, 0.717) is 0 Å². The number of halogens is 1. The number of carbonyl (C=O) groups excluding carboxylic acids is 1. The molecule has 5 heteroatoms. The predicted molar refractivity (Wildman–Crippen MR) is 67.5 cm³/mol. The Hall–Kier alpha value is -0.920. The van der Waals surface area contributed by atoms with Crippen LogP contribution in [0.4, 0.5) is 0 Å². The molecule has 86 valence electrons. The summed E-state index contributed by atoms with van der Waals surface area (Å²) < 4.78 is 14.2. The first-order chi connectivity index (χ1) is 7.76. The molecule has 1 unspecified atom stereocenters. The van der Waals surface area contributed by atoms with E-state index in [0.717, 1.165) is 5.56 Å². The normalized spacial score (nSPS) is 12.6. The SMILES string of the molecule is COC(OI)OC(=O)/C=C/c1ccccc1. The average molecular weight is 334 g/mol. The second-order valence-electron chi connectivity index (χ2n) is 2.79. The number of hydrogen-bond acceptors (Lipinski definition) is 4. The molecule has 1 aromatic carbocycles. The van der Waals surface area contributed by atoms with Gasteiger partial charge in [-0.2, -0.15) is 0 Å². The van der Waals surface area contributed by atoms with Gasteiger partial charge in [-0.25, -0.2) is 7.86 Å². The summed E-state index contributed by atoms with van der Waals surface area (Å²) in [6.45, 7) is -0.978. The van der Waals surface area contributed by atoms with Gasteiger partial charge < -0.3 is 9.47 Å². The van der Waals surface area contributed by atoms with Crippen LogP contribution < -0.4 is 0 Å². The molecule has 0 saturated heterocycles. The van der Waals surface area contributed by atoms with Crippen molar-refractivity contribution < 1.29 is 17.3 Å². The molecule has 4 nitrogen and oxygen atoms in total. The largest absolute Gasteiger partial charge is 0.406 e. The quantitative estimate of drug-likeness (QED) is 0.359. The summed E-state index contributed by atoms with van der Waals surface area (Å²) >= 11 is 1.60. The van der Waals surface area contributed by atoms with Crippen LogP contribution in [0.3, 0.4) is 0 Å².